The number of nitro groups is 2. The summed E-state index contributed by atoms with van der Waals surface area (Å²) in [5.74, 6) is 0.870. The predicted molar refractivity (Wildman–Crippen MR) is 124 cm³/mol. The van der Waals surface area contributed by atoms with Gasteiger partial charge in [-0.1, -0.05) is 29.4 Å². The van der Waals surface area contributed by atoms with Crippen molar-refractivity contribution in [2.75, 3.05) is 7.11 Å². The Morgan fingerprint density at radius 1 is 0.909 bits per heavy atom. The van der Waals surface area contributed by atoms with Gasteiger partial charge in [0.25, 0.3) is 11.4 Å². The number of methoxy groups -OCH3 is 1. The van der Waals surface area contributed by atoms with Crippen LogP contribution in [0.5, 0.6) is 11.5 Å². The topological polar surface area (TPSA) is 126 Å². The van der Waals surface area contributed by atoms with Crippen molar-refractivity contribution in [2.45, 2.75) is 13.2 Å². The number of oxime groups is 1. The molecule has 3 rings (SSSR count). The Labute approximate surface area is 196 Å². The van der Waals surface area contributed by atoms with E-state index in [1.165, 1.54) is 37.6 Å². The summed E-state index contributed by atoms with van der Waals surface area (Å²) >= 11 is 3.44. The zero-order chi connectivity index (χ0) is 23.8. The third-order valence-corrected chi connectivity index (χ3v) is 5.10. The van der Waals surface area contributed by atoms with Gasteiger partial charge in [-0.3, -0.25) is 20.2 Å². The van der Waals surface area contributed by atoms with Gasteiger partial charge in [0.05, 0.1) is 23.2 Å². The van der Waals surface area contributed by atoms with Crippen LogP contribution >= 0.6 is 15.9 Å². The van der Waals surface area contributed by atoms with Crippen molar-refractivity contribution in [1.29, 1.82) is 0 Å². The molecule has 170 valence electrons. The molecular weight excluding hydrogens is 498 g/mol. The molecule has 0 amide bonds. The molecule has 3 aromatic rings. The van der Waals surface area contributed by atoms with Crippen LogP contribution in [0.2, 0.25) is 0 Å². The van der Waals surface area contributed by atoms with Crippen molar-refractivity contribution in [1.82, 2.24) is 0 Å². The number of halogens is 1. The number of non-ortho nitro benzene ring substituents is 2. The van der Waals surface area contributed by atoms with E-state index in [9.17, 15) is 20.2 Å². The van der Waals surface area contributed by atoms with E-state index in [-0.39, 0.29) is 24.6 Å². The zero-order valence-corrected chi connectivity index (χ0v) is 18.9. The summed E-state index contributed by atoms with van der Waals surface area (Å²) in [6.45, 7) is 0.182. The van der Waals surface area contributed by atoms with Crippen LogP contribution in [0, 0.1) is 20.2 Å². The number of rotatable bonds is 10. The van der Waals surface area contributed by atoms with Gasteiger partial charge in [0.15, 0.2) is 11.5 Å². The molecule has 0 heterocycles. The lowest BCUT2D eigenvalue weighted by molar-refractivity contribution is -0.385. The van der Waals surface area contributed by atoms with E-state index in [0.29, 0.717) is 32.7 Å². The van der Waals surface area contributed by atoms with Crippen molar-refractivity contribution < 1.29 is 24.2 Å². The van der Waals surface area contributed by atoms with Gasteiger partial charge >= 0.3 is 0 Å². The van der Waals surface area contributed by atoms with E-state index in [4.69, 9.17) is 14.3 Å². The smallest absolute Gasteiger partial charge is 0.269 e. The fourth-order valence-electron chi connectivity index (χ4n) is 2.81. The second-order valence-corrected chi connectivity index (χ2v) is 7.53. The molecule has 0 atom stereocenters. The summed E-state index contributed by atoms with van der Waals surface area (Å²) in [6, 6.07) is 15.7. The van der Waals surface area contributed by atoms with Gasteiger partial charge in [-0.25, -0.2) is 0 Å². The van der Waals surface area contributed by atoms with Crippen LogP contribution in [-0.4, -0.2) is 23.2 Å². The molecule has 0 saturated heterocycles. The van der Waals surface area contributed by atoms with Crippen LogP contribution in [0.1, 0.15) is 16.7 Å². The van der Waals surface area contributed by atoms with E-state index in [1.807, 2.05) is 0 Å². The van der Waals surface area contributed by atoms with Crippen molar-refractivity contribution in [2.24, 2.45) is 5.16 Å². The fourth-order valence-corrected chi connectivity index (χ4v) is 3.23. The third-order valence-electron chi connectivity index (χ3n) is 4.42. The summed E-state index contributed by atoms with van der Waals surface area (Å²) < 4.78 is 11.8. The van der Waals surface area contributed by atoms with Crippen LogP contribution in [0.15, 0.2) is 70.3 Å². The summed E-state index contributed by atoms with van der Waals surface area (Å²) in [4.78, 5) is 26.1. The molecule has 33 heavy (non-hydrogen) atoms. The van der Waals surface area contributed by atoms with Crippen LogP contribution < -0.4 is 9.47 Å². The van der Waals surface area contributed by atoms with Crippen LogP contribution in [0.25, 0.3) is 0 Å². The van der Waals surface area contributed by atoms with Gasteiger partial charge in [0.2, 0.25) is 0 Å². The van der Waals surface area contributed by atoms with E-state index < -0.39 is 9.85 Å². The highest BCUT2D eigenvalue weighted by molar-refractivity contribution is 9.10. The number of ether oxygens (including phenoxy) is 2. The first-order chi connectivity index (χ1) is 15.9. The molecule has 0 N–H and O–H groups in total. The molecule has 0 fully saturated rings. The van der Waals surface area contributed by atoms with Gasteiger partial charge in [-0.2, -0.15) is 0 Å². The Morgan fingerprint density at radius 3 is 2.09 bits per heavy atom. The van der Waals surface area contributed by atoms with Crippen LogP contribution in [-0.2, 0) is 18.1 Å². The van der Waals surface area contributed by atoms with E-state index in [1.54, 1.807) is 36.4 Å². The summed E-state index contributed by atoms with van der Waals surface area (Å²) in [6.07, 6.45) is 1.47. The predicted octanol–water partition coefficient (Wildman–Crippen LogP) is 5.40. The second kappa shape index (κ2) is 11.0. The molecule has 0 aliphatic carbocycles. The van der Waals surface area contributed by atoms with Gasteiger partial charge in [0, 0.05) is 34.3 Å². The Morgan fingerprint density at radius 2 is 1.52 bits per heavy atom. The molecule has 10 nitrogen and oxygen atoms in total. The normalized spacial score (nSPS) is 10.7. The number of hydrogen-bond acceptors (Lipinski definition) is 8. The monoisotopic (exact) mass is 515 g/mol. The Hall–Kier alpha value is -3.99. The second-order valence-electron chi connectivity index (χ2n) is 6.68. The molecule has 0 spiro atoms. The lowest BCUT2D eigenvalue weighted by Gasteiger charge is -2.12. The van der Waals surface area contributed by atoms with Crippen LogP contribution in [0.4, 0.5) is 11.4 Å². The highest BCUT2D eigenvalue weighted by Gasteiger charge is 2.12. The van der Waals surface area contributed by atoms with E-state index in [0.717, 1.165) is 0 Å². The molecule has 0 aliphatic heterocycles. The highest BCUT2D eigenvalue weighted by atomic mass is 79.9. The van der Waals surface area contributed by atoms with Crippen molar-refractivity contribution in [3.63, 3.8) is 0 Å². The lowest BCUT2D eigenvalue weighted by Crippen LogP contribution is -2.00. The Balaban J connectivity index is 1.66. The molecule has 0 aliphatic rings. The maximum atomic E-state index is 10.9. The standard InChI is InChI=1S/C22H18BrN3O7/c1-31-21-10-17(12-24-33-14-16-5-3-7-19(9-16)26(29)30)20(23)11-22(21)32-13-15-4-2-6-18(8-15)25(27)28/h2-12H,13-14H2,1H3/b24-12-. The van der Waals surface area contributed by atoms with Crippen molar-refractivity contribution >= 4 is 33.5 Å². The average Bonchev–Trinajstić information content (AvgIpc) is 2.81. The van der Waals surface area contributed by atoms with Crippen molar-refractivity contribution in [3.05, 3.63) is 102 Å². The third kappa shape index (κ3) is 6.50. The minimum Gasteiger partial charge on any atom is -0.493 e. The molecule has 11 heteroatoms. The average molecular weight is 516 g/mol. The maximum Gasteiger partial charge on any atom is 0.269 e. The van der Waals surface area contributed by atoms with Crippen molar-refractivity contribution in [3.8, 4) is 11.5 Å². The van der Waals surface area contributed by atoms with Gasteiger partial charge in [0.1, 0.15) is 13.2 Å². The Kier molecular flexibility index (Phi) is 7.92. The summed E-state index contributed by atoms with van der Waals surface area (Å²) in [7, 11) is 1.49. The quantitative estimate of drug-likeness (QED) is 0.201. The first kappa shape index (κ1) is 23.7. The number of nitrogens with zero attached hydrogens (tertiary/aromatic N) is 3. The molecule has 0 aromatic heterocycles. The fraction of sp³-hybridized carbons (Fsp3) is 0.136. The summed E-state index contributed by atoms with van der Waals surface area (Å²) in [5, 5.41) is 25.7. The first-order valence-electron chi connectivity index (χ1n) is 9.49. The number of benzene rings is 3. The first-order valence-corrected chi connectivity index (χ1v) is 10.3. The summed E-state index contributed by atoms with van der Waals surface area (Å²) in [5.41, 5.74) is 1.87. The molecule has 0 saturated carbocycles. The lowest BCUT2D eigenvalue weighted by atomic mass is 10.2. The van der Waals surface area contributed by atoms with Gasteiger partial charge in [-0.05, 0) is 39.2 Å². The van der Waals surface area contributed by atoms with E-state index in [2.05, 4.69) is 21.1 Å². The van der Waals surface area contributed by atoms with E-state index >= 15 is 0 Å². The van der Waals surface area contributed by atoms with Crippen LogP contribution in [0.3, 0.4) is 0 Å². The minimum absolute atomic E-state index is 0.0130. The Bertz CT molecular complexity index is 1200. The largest absolute Gasteiger partial charge is 0.493 e. The van der Waals surface area contributed by atoms with Gasteiger partial charge in [-0.15, -0.1) is 0 Å². The maximum absolute atomic E-state index is 10.9. The molecule has 3 aromatic carbocycles. The highest BCUT2D eigenvalue weighted by Crippen LogP contribution is 2.33. The zero-order valence-electron chi connectivity index (χ0n) is 17.3. The molecule has 0 bridgehead atoms. The number of nitro benzene ring substituents is 2. The molecule has 0 unspecified atom stereocenters. The SMILES string of the molecule is COc1cc(/C=N\OCc2cccc([N+](=O)[O-])c2)c(Br)cc1OCc1cccc([N+](=O)[O-])c1. The molecular formula is C22H18BrN3O7. The van der Waals surface area contributed by atoms with Gasteiger partial charge < -0.3 is 14.3 Å². The molecule has 0 radical (unpaired) electrons. The minimum atomic E-state index is -0.473. The number of hydrogen-bond donors (Lipinski definition) is 0.